The quantitative estimate of drug-likeness (QED) is 0.0631. The number of aliphatic hydroxyl groups excluding tert-OH is 1. The summed E-state index contributed by atoms with van der Waals surface area (Å²) in [5.74, 6) is -9.84. The van der Waals surface area contributed by atoms with Crippen LogP contribution in [0.25, 0.3) is 0 Å². The van der Waals surface area contributed by atoms with E-state index in [1.54, 1.807) is 6.92 Å². The number of carbonyl (C=O) groups excluding carboxylic acids is 4. The summed E-state index contributed by atoms with van der Waals surface area (Å²) in [4.78, 5) is 42.8. The number of aliphatic hydroxyl groups is 1. The van der Waals surface area contributed by atoms with Crippen LogP contribution in [0.5, 0.6) is 0 Å². The van der Waals surface area contributed by atoms with Crippen molar-refractivity contribution in [2.24, 2.45) is 0 Å². The van der Waals surface area contributed by atoms with E-state index in [-0.39, 0.29) is 23.7 Å². The van der Waals surface area contributed by atoms with E-state index >= 15 is 0 Å². The SMILES string of the molecule is CCCCCC[NH3+].CCCCCC[NH3+].CCCCCC[NH3+].CCCCCC[NH3+].CCO.O=C1C(=O)C(Cl)=C([O-])C([O-])=C1Cl.O=C1C(=O)C(Cl)=C([O-])C([O-])=C1Cl.[Cu]. The molecule has 18 heteroatoms. The topological polar surface area (TPSA) is 291 Å². The van der Waals surface area contributed by atoms with Crippen LogP contribution in [0.1, 0.15) is 137 Å². The summed E-state index contributed by atoms with van der Waals surface area (Å²) in [5.41, 5.74) is 15.0. The Balaban J connectivity index is -0.000000134. The molecular formula is C38H70Cl4CuN4O9. The van der Waals surface area contributed by atoms with Gasteiger partial charge < -0.3 is 48.5 Å². The van der Waals surface area contributed by atoms with E-state index in [9.17, 15) is 39.6 Å². The van der Waals surface area contributed by atoms with E-state index in [0.29, 0.717) is 0 Å². The van der Waals surface area contributed by atoms with Gasteiger partial charge >= 0.3 is 0 Å². The number of carbonyl (C=O) groups is 4. The molecule has 0 saturated carbocycles. The summed E-state index contributed by atoms with van der Waals surface area (Å²) in [7, 11) is 0. The summed E-state index contributed by atoms with van der Waals surface area (Å²) < 4.78 is 0. The first-order valence-corrected chi connectivity index (χ1v) is 20.8. The Labute approximate surface area is 365 Å². The molecule has 13 N–H and O–H groups in total. The predicted octanol–water partition coefficient (Wildman–Crippen LogP) is 0.750. The first kappa shape index (κ1) is 66.1. The zero-order valence-corrected chi connectivity index (χ0v) is 38.2. The summed E-state index contributed by atoms with van der Waals surface area (Å²) in [6.07, 6.45) is 21.6. The van der Waals surface area contributed by atoms with Gasteiger partial charge in [-0.2, -0.15) is 0 Å². The minimum Gasteiger partial charge on any atom is -0.872 e. The summed E-state index contributed by atoms with van der Waals surface area (Å²) in [6.45, 7) is 15.3. The number of Topliss-reactive ketones (excluding diaryl/α,β-unsaturated/α-hetero) is 4. The summed E-state index contributed by atoms with van der Waals surface area (Å²) >= 11 is 20.3. The van der Waals surface area contributed by atoms with Crippen molar-refractivity contribution in [2.75, 3.05) is 32.8 Å². The average molecular weight is 932 g/mol. The smallest absolute Gasteiger partial charge is 0.245 e. The number of ketones is 4. The molecule has 0 spiro atoms. The Hall–Kier alpha value is -1.68. The van der Waals surface area contributed by atoms with Gasteiger partial charge in [-0.3, -0.25) is 19.2 Å². The molecule has 335 valence electrons. The van der Waals surface area contributed by atoms with E-state index in [0.717, 1.165) is 26.2 Å². The maximum Gasteiger partial charge on any atom is 0.245 e. The van der Waals surface area contributed by atoms with Crippen molar-refractivity contribution in [3.63, 3.8) is 0 Å². The summed E-state index contributed by atoms with van der Waals surface area (Å²) in [5, 5.41) is 46.8. The zero-order valence-electron chi connectivity index (χ0n) is 34.2. The Bertz CT molecular complexity index is 964. The van der Waals surface area contributed by atoms with Crippen molar-refractivity contribution >= 4 is 69.5 Å². The van der Waals surface area contributed by atoms with Crippen LogP contribution in [-0.2, 0) is 36.2 Å². The molecule has 2 rings (SSSR count). The monoisotopic (exact) mass is 929 g/mol. The van der Waals surface area contributed by atoms with Crippen LogP contribution in [0.4, 0.5) is 0 Å². The average Bonchev–Trinajstić information content (AvgIpc) is 3.18. The zero-order chi connectivity index (χ0) is 43.8. The summed E-state index contributed by atoms with van der Waals surface area (Å²) in [6, 6.07) is 0. The van der Waals surface area contributed by atoms with Crippen molar-refractivity contribution in [1.29, 1.82) is 0 Å². The Morgan fingerprint density at radius 3 is 0.643 bits per heavy atom. The fourth-order valence-electron chi connectivity index (χ4n) is 3.62. The van der Waals surface area contributed by atoms with Gasteiger partial charge in [-0.15, -0.1) is 0 Å². The van der Waals surface area contributed by atoms with Gasteiger partial charge in [0.1, 0.15) is 0 Å². The predicted molar refractivity (Wildman–Crippen MR) is 212 cm³/mol. The van der Waals surface area contributed by atoms with Crippen molar-refractivity contribution in [3.05, 3.63) is 43.2 Å². The molecule has 2 aliphatic carbocycles. The number of hydrogen-bond donors (Lipinski definition) is 5. The third kappa shape index (κ3) is 35.5. The normalized spacial score (nSPS) is 13.2. The van der Waals surface area contributed by atoms with E-state index in [1.165, 1.54) is 103 Å². The Kier molecular flexibility index (Phi) is 56.3. The molecule has 56 heavy (non-hydrogen) atoms. The van der Waals surface area contributed by atoms with Crippen LogP contribution < -0.4 is 43.4 Å². The molecule has 0 bridgehead atoms. The minimum atomic E-state index is -1.23. The molecule has 0 fully saturated rings. The van der Waals surface area contributed by atoms with Crippen molar-refractivity contribution < 1.29 is 84.7 Å². The van der Waals surface area contributed by atoms with Crippen LogP contribution in [0.15, 0.2) is 43.2 Å². The van der Waals surface area contributed by atoms with Gasteiger partial charge in [-0.05, 0) is 58.3 Å². The molecule has 0 heterocycles. The molecular weight excluding hydrogens is 862 g/mol. The largest absolute Gasteiger partial charge is 0.872 e. The molecule has 13 nitrogen and oxygen atoms in total. The van der Waals surface area contributed by atoms with Gasteiger partial charge in [-0.25, -0.2) is 0 Å². The molecule has 0 aromatic carbocycles. The van der Waals surface area contributed by atoms with Gasteiger partial charge in [0.05, 0.1) is 46.3 Å². The molecule has 0 atom stereocenters. The third-order valence-corrected chi connectivity index (χ3v) is 8.21. The van der Waals surface area contributed by atoms with Gasteiger partial charge in [0.2, 0.25) is 23.1 Å². The van der Waals surface area contributed by atoms with Gasteiger partial charge in [-0.1, -0.05) is 149 Å². The number of allylic oxidation sites excluding steroid dienone is 4. The number of halogens is 4. The second kappa shape index (κ2) is 47.7. The standard InChI is InChI=1S/2C6H2Cl2O4.4C6H15N.C2H6O.Cu/c2*7-1-3(9)5(11)2(8)6(12)4(1)10;4*1-2-3-4-5-6-7;1-2-3;/h2*9,11H;4*2-7H2,1H3;3H,2H2,1H3;. The molecule has 0 unspecified atom stereocenters. The van der Waals surface area contributed by atoms with Crippen LogP contribution in [0, 0.1) is 0 Å². The first-order valence-electron chi connectivity index (χ1n) is 19.2. The second-order valence-electron chi connectivity index (χ2n) is 11.9. The number of hydrogen-bond acceptors (Lipinski definition) is 9. The molecule has 0 aromatic rings. The van der Waals surface area contributed by atoms with Gasteiger partial charge in [0.25, 0.3) is 0 Å². The van der Waals surface area contributed by atoms with E-state index < -0.39 is 66.3 Å². The molecule has 0 aliphatic heterocycles. The number of rotatable bonds is 16. The first-order chi connectivity index (χ1) is 26.0. The van der Waals surface area contributed by atoms with E-state index in [1.807, 2.05) is 0 Å². The number of unbranched alkanes of at least 4 members (excludes halogenated alkanes) is 12. The number of quaternary nitrogens is 4. The maximum absolute atomic E-state index is 10.7. The van der Waals surface area contributed by atoms with Crippen LogP contribution in [0.3, 0.4) is 0 Å². The van der Waals surface area contributed by atoms with E-state index in [2.05, 4.69) is 50.6 Å². The van der Waals surface area contributed by atoms with Crippen molar-refractivity contribution in [1.82, 2.24) is 0 Å². The Morgan fingerprint density at radius 1 is 0.393 bits per heavy atom. The molecule has 0 amide bonds. The van der Waals surface area contributed by atoms with Gasteiger partial charge in [0, 0.05) is 23.7 Å². The van der Waals surface area contributed by atoms with Crippen LogP contribution >= 0.6 is 46.4 Å². The third-order valence-electron chi connectivity index (χ3n) is 6.83. The van der Waals surface area contributed by atoms with E-state index in [4.69, 9.17) is 51.5 Å². The molecule has 0 saturated heterocycles. The minimum absolute atomic E-state index is 0. The Morgan fingerprint density at radius 2 is 0.536 bits per heavy atom. The van der Waals surface area contributed by atoms with Crippen LogP contribution in [0.2, 0.25) is 0 Å². The second-order valence-corrected chi connectivity index (χ2v) is 13.4. The molecule has 2 aliphatic rings. The molecule has 0 aromatic heterocycles. The maximum atomic E-state index is 10.7. The van der Waals surface area contributed by atoms with Gasteiger partial charge in [0.15, 0.2) is 0 Å². The van der Waals surface area contributed by atoms with Crippen LogP contribution in [-0.4, -0.2) is 61.0 Å². The van der Waals surface area contributed by atoms with Crippen molar-refractivity contribution in [3.8, 4) is 0 Å². The molecule has 1 radical (unpaired) electrons. The van der Waals surface area contributed by atoms with Crippen molar-refractivity contribution in [2.45, 2.75) is 137 Å². The fourth-order valence-corrected chi connectivity index (χ4v) is 4.31. The fraction of sp³-hybridized carbons (Fsp3) is 0.684.